The molecule has 0 amide bonds. The first-order chi connectivity index (χ1) is 37.5. The summed E-state index contributed by atoms with van der Waals surface area (Å²) in [5, 5.41) is 57.5. The second-order valence-electron chi connectivity index (χ2n) is 21.4. The topological polar surface area (TPSA) is 151 Å². The highest BCUT2D eigenvalue weighted by Crippen LogP contribution is 2.16. The number of hydrogen-bond acceptors (Lipinski definition) is 10. The highest BCUT2D eigenvalue weighted by molar-refractivity contribution is 6.30. The Labute approximate surface area is 487 Å². The molecular weight excluding hydrogens is 982 g/mol. The molecule has 4 aromatic rings. The van der Waals surface area contributed by atoms with E-state index in [1.807, 2.05) is 79.7 Å². The normalized spacial score (nSPS) is 10.2. The van der Waals surface area contributed by atoms with E-state index in [0.29, 0.717) is 23.0 Å². The largest absolute Gasteiger partial charge is 0.631 e. The summed E-state index contributed by atoms with van der Waals surface area (Å²) in [7, 11) is -2.17. The molecule has 0 aliphatic rings. The van der Waals surface area contributed by atoms with Crippen molar-refractivity contribution >= 4 is 7.32 Å². The Morgan fingerprint density at radius 3 is 0.418 bits per heavy atom. The van der Waals surface area contributed by atoms with E-state index in [2.05, 4.69) is 77.0 Å². The number of rotatable bonds is 27. The number of phenols is 4. The molecule has 0 saturated heterocycles. The van der Waals surface area contributed by atoms with Crippen molar-refractivity contribution in [1.29, 1.82) is 0 Å². The van der Waals surface area contributed by atoms with Crippen molar-refractivity contribution in [3.8, 4) is 23.0 Å². The first kappa shape index (κ1) is 81.4. The van der Waals surface area contributed by atoms with Crippen molar-refractivity contribution in [1.82, 2.24) is 14.7 Å². The molecule has 0 spiro atoms. The summed E-state index contributed by atoms with van der Waals surface area (Å²) in [6, 6.07) is 22.1. The summed E-state index contributed by atoms with van der Waals surface area (Å²) < 4.78 is 0. The third-order valence-corrected chi connectivity index (χ3v) is 12.3. The van der Waals surface area contributed by atoms with E-state index in [0.717, 1.165) is 44.5 Å². The monoisotopic (exact) mass is 1110 g/mol. The maximum absolute atomic E-state index is 8.99. The first-order valence-electron chi connectivity index (χ1n) is 30.8. The van der Waals surface area contributed by atoms with Crippen LogP contribution in [0.25, 0.3) is 0 Å². The van der Waals surface area contributed by atoms with Crippen molar-refractivity contribution in [2.75, 3.05) is 58.9 Å². The fraction of sp³-hybridized carbons (Fsp3) is 0.647. The maximum atomic E-state index is 8.99. The number of benzene rings is 4. The smallest absolute Gasteiger partial charge is 0.508 e. The quantitative estimate of drug-likeness (QED) is 0.0288. The Kier molecular flexibility index (Phi) is 58.9. The van der Waals surface area contributed by atoms with Gasteiger partial charge in [0.15, 0.2) is 0 Å². The summed E-state index contributed by atoms with van der Waals surface area (Å²) in [4.78, 5) is 7.91. The second kappa shape index (κ2) is 57.2. The van der Waals surface area contributed by atoms with Crippen LogP contribution in [-0.4, -0.2) is 116 Å². The minimum Gasteiger partial charge on any atom is -0.508 e. The zero-order valence-electron chi connectivity index (χ0n) is 54.1. The van der Waals surface area contributed by atoms with Crippen molar-refractivity contribution < 1.29 is 35.5 Å². The molecule has 0 heterocycles. The molecule has 0 saturated carbocycles. The van der Waals surface area contributed by atoms with Gasteiger partial charge in [0.2, 0.25) is 0 Å². The van der Waals surface area contributed by atoms with Gasteiger partial charge in [0, 0.05) is 0 Å². The van der Waals surface area contributed by atoms with Crippen LogP contribution in [0.5, 0.6) is 23.0 Å². The van der Waals surface area contributed by atoms with Crippen LogP contribution >= 0.6 is 0 Å². The van der Waals surface area contributed by atoms with E-state index in [9.17, 15) is 0 Å². The Bertz CT molecular complexity index is 1430. The summed E-state index contributed by atoms with van der Waals surface area (Å²) in [5.74, 6) is 1.42. The molecule has 0 atom stereocenters. The van der Waals surface area contributed by atoms with E-state index < -0.39 is 7.32 Å². The number of nitrogens with zero attached hydrogens (tertiary/aromatic N) is 3. The van der Waals surface area contributed by atoms with E-state index >= 15 is 0 Å². The Morgan fingerprint density at radius 1 is 0.241 bits per heavy atom. The van der Waals surface area contributed by atoms with Gasteiger partial charge >= 0.3 is 7.32 Å². The fourth-order valence-corrected chi connectivity index (χ4v) is 8.24. The van der Waals surface area contributed by atoms with Crippen LogP contribution in [0.2, 0.25) is 0 Å². The minimum absolute atomic E-state index is 0.354. The third kappa shape index (κ3) is 59.8. The van der Waals surface area contributed by atoms with E-state index in [-0.39, 0.29) is 0 Å². The average molecular weight is 1110 g/mol. The molecule has 0 aliphatic carbocycles. The summed E-state index contributed by atoms with van der Waals surface area (Å²) in [5.41, 5.74) is 8.83. The van der Waals surface area contributed by atoms with Gasteiger partial charge in [-0.25, -0.2) is 0 Å². The number of aryl methyl sites for hydroxylation is 8. The Morgan fingerprint density at radius 2 is 0.342 bits per heavy atom. The Hall–Kier alpha value is -4.10. The highest BCUT2D eigenvalue weighted by atomic mass is 16.5. The molecule has 0 aromatic heterocycles. The van der Waals surface area contributed by atoms with Gasteiger partial charge < -0.3 is 50.2 Å². The van der Waals surface area contributed by atoms with Crippen LogP contribution in [0, 0.1) is 55.4 Å². The van der Waals surface area contributed by atoms with Gasteiger partial charge in [-0.1, -0.05) is 144 Å². The van der Waals surface area contributed by atoms with Gasteiger partial charge in [0.05, 0.1) is 0 Å². The molecule has 0 aliphatic heterocycles. The lowest BCUT2D eigenvalue weighted by atomic mass is 10.1. The fourth-order valence-electron chi connectivity index (χ4n) is 8.24. The molecule has 456 valence electrons. The van der Waals surface area contributed by atoms with Gasteiger partial charge in [0.1, 0.15) is 23.0 Å². The standard InChI is InChI=1S/3C12H27N.4C8H10O.BH3O3/c3*1-4-7-10-13(11-8-5-2)12-9-6-3;4*1-6-3-7(2)5-8(9)4-6;2-1(3)4/h3*4-12H2,1-3H3;4*3-5,9H,1-2H3;2-4H. The SMILES string of the molecule is CCCCN(CCCC)CCCC.CCCCN(CCCC)CCCC.CCCCN(CCCC)CCCC.Cc1cc(C)cc(O)c1.Cc1cc(C)cc(O)c1.Cc1cc(C)cc(O)c1.Cc1cc(C)cc(O)c1.OB(O)O. The van der Waals surface area contributed by atoms with Gasteiger partial charge in [-0.05, 0) is 265 Å². The first-order valence-corrected chi connectivity index (χ1v) is 30.8. The van der Waals surface area contributed by atoms with E-state index in [4.69, 9.17) is 35.5 Å². The van der Waals surface area contributed by atoms with Crippen molar-refractivity contribution in [2.24, 2.45) is 0 Å². The van der Waals surface area contributed by atoms with Crippen LogP contribution in [0.1, 0.15) is 222 Å². The van der Waals surface area contributed by atoms with Gasteiger partial charge in [0.25, 0.3) is 0 Å². The predicted molar refractivity (Wildman–Crippen MR) is 346 cm³/mol. The molecule has 4 rings (SSSR count). The van der Waals surface area contributed by atoms with Crippen LogP contribution in [0.3, 0.4) is 0 Å². The average Bonchev–Trinajstić information content (AvgIpc) is 3.35. The number of hydrogen-bond donors (Lipinski definition) is 7. The molecule has 0 fully saturated rings. The van der Waals surface area contributed by atoms with Crippen LogP contribution < -0.4 is 0 Å². The van der Waals surface area contributed by atoms with Crippen molar-refractivity contribution in [2.45, 2.75) is 233 Å². The Balaban J connectivity index is -0.000000412. The number of phenolic OH excluding ortho intramolecular Hbond substituents is 4. The lowest BCUT2D eigenvalue weighted by Gasteiger charge is -2.21. The lowest BCUT2D eigenvalue weighted by Crippen LogP contribution is -2.27. The van der Waals surface area contributed by atoms with Gasteiger partial charge in [-0.2, -0.15) is 0 Å². The van der Waals surface area contributed by atoms with E-state index in [1.54, 1.807) is 48.5 Å². The van der Waals surface area contributed by atoms with E-state index in [1.165, 1.54) is 174 Å². The van der Waals surface area contributed by atoms with Crippen molar-refractivity contribution in [3.05, 3.63) is 117 Å². The summed E-state index contributed by atoms with van der Waals surface area (Å²) >= 11 is 0. The zero-order chi connectivity index (χ0) is 60.8. The number of unbranched alkanes of at least 4 members (excludes halogenated alkanes) is 9. The zero-order valence-corrected chi connectivity index (χ0v) is 54.1. The van der Waals surface area contributed by atoms with Crippen LogP contribution in [0.15, 0.2) is 72.8 Å². The van der Waals surface area contributed by atoms with Crippen LogP contribution in [0.4, 0.5) is 0 Å². The minimum atomic E-state index is -2.17. The molecule has 0 unspecified atom stereocenters. The summed E-state index contributed by atoms with van der Waals surface area (Å²) in [6.07, 6.45) is 24.3. The molecular formula is C68H124BN3O7. The molecule has 10 nitrogen and oxygen atoms in total. The maximum Gasteiger partial charge on any atom is 0.631 e. The lowest BCUT2D eigenvalue weighted by molar-refractivity contribution is 0.261. The van der Waals surface area contributed by atoms with Gasteiger partial charge in [-0.15, -0.1) is 0 Å². The molecule has 4 aromatic carbocycles. The highest BCUT2D eigenvalue weighted by Gasteiger charge is 2.04. The third-order valence-electron chi connectivity index (χ3n) is 12.3. The molecule has 7 N–H and O–H groups in total. The predicted octanol–water partition coefficient (Wildman–Crippen LogP) is 17.1. The molecule has 0 bridgehead atoms. The van der Waals surface area contributed by atoms with Crippen LogP contribution in [-0.2, 0) is 0 Å². The number of aromatic hydroxyl groups is 4. The second-order valence-corrected chi connectivity index (χ2v) is 21.4. The van der Waals surface area contributed by atoms with Crippen molar-refractivity contribution in [3.63, 3.8) is 0 Å². The van der Waals surface area contributed by atoms with Gasteiger partial charge in [-0.3, -0.25) is 0 Å². The summed E-state index contributed by atoms with van der Waals surface area (Å²) in [6.45, 7) is 48.0. The molecule has 79 heavy (non-hydrogen) atoms. The molecule has 11 heteroatoms. The molecule has 0 radical (unpaired) electrons.